The Hall–Kier alpha value is -2.95. The molecule has 152 valence electrons. The number of allylic oxidation sites excluding steroid dienone is 1. The van der Waals surface area contributed by atoms with E-state index in [0.717, 1.165) is 11.1 Å². The quantitative estimate of drug-likeness (QED) is 0.405. The van der Waals surface area contributed by atoms with Crippen LogP contribution in [0.25, 0.3) is 6.08 Å². The lowest BCUT2D eigenvalue weighted by Gasteiger charge is -2.08. The maximum atomic E-state index is 12.7. The minimum atomic E-state index is -0.174. The van der Waals surface area contributed by atoms with Crippen LogP contribution >= 0.6 is 23.2 Å². The average molecular weight is 441 g/mol. The summed E-state index contributed by atoms with van der Waals surface area (Å²) >= 11 is 12.0. The minimum absolute atomic E-state index is 0.174. The zero-order chi connectivity index (χ0) is 21.1. The van der Waals surface area contributed by atoms with Crippen molar-refractivity contribution in [2.75, 3.05) is 6.61 Å². The van der Waals surface area contributed by atoms with Gasteiger partial charge >= 0.3 is 0 Å². The number of fused-ring (bicyclic) bond motifs is 1. The van der Waals surface area contributed by atoms with E-state index >= 15 is 0 Å². The summed E-state index contributed by atoms with van der Waals surface area (Å²) in [5.74, 6) is 1.83. The van der Waals surface area contributed by atoms with Crippen molar-refractivity contribution in [2.24, 2.45) is 0 Å². The summed E-state index contributed by atoms with van der Waals surface area (Å²) < 4.78 is 17.3. The first-order valence-corrected chi connectivity index (χ1v) is 10.2. The van der Waals surface area contributed by atoms with E-state index in [0.29, 0.717) is 46.1 Å². The first-order valence-electron chi connectivity index (χ1n) is 9.42. The molecule has 0 radical (unpaired) electrons. The highest BCUT2D eigenvalue weighted by Crippen LogP contribution is 2.36. The molecule has 0 saturated carbocycles. The molecular formula is C24H18Cl2O4. The van der Waals surface area contributed by atoms with Crippen LogP contribution in [0, 0.1) is 0 Å². The van der Waals surface area contributed by atoms with Gasteiger partial charge in [0.1, 0.15) is 23.9 Å². The summed E-state index contributed by atoms with van der Waals surface area (Å²) in [6.07, 6.45) is 1.70. The highest BCUT2D eigenvalue weighted by Gasteiger charge is 2.28. The van der Waals surface area contributed by atoms with Crippen molar-refractivity contribution in [3.63, 3.8) is 0 Å². The molecule has 4 rings (SSSR count). The summed E-state index contributed by atoms with van der Waals surface area (Å²) in [7, 11) is 0. The van der Waals surface area contributed by atoms with Crippen LogP contribution in [0.15, 0.2) is 66.4 Å². The first-order chi connectivity index (χ1) is 14.5. The standard InChI is InChI=1S/C24H18Cl2O4/c1-2-28-21-6-4-3-5-16(21)12-23-24(27)18-9-8-17(13-22(18)30-23)29-14-15-7-10-19(25)20(26)11-15/h3-13H,2,14H2,1H3. The molecule has 0 N–H and O–H groups in total. The van der Waals surface area contributed by atoms with Crippen LogP contribution in [0.2, 0.25) is 10.0 Å². The molecule has 0 spiro atoms. The van der Waals surface area contributed by atoms with E-state index in [1.165, 1.54) is 0 Å². The van der Waals surface area contributed by atoms with E-state index in [9.17, 15) is 4.79 Å². The lowest BCUT2D eigenvalue weighted by molar-refractivity contribution is 0.101. The van der Waals surface area contributed by atoms with Gasteiger partial charge in [-0.2, -0.15) is 0 Å². The molecule has 0 fully saturated rings. The maximum absolute atomic E-state index is 12.7. The van der Waals surface area contributed by atoms with Gasteiger partial charge in [-0.3, -0.25) is 4.79 Å². The molecule has 0 saturated heterocycles. The highest BCUT2D eigenvalue weighted by atomic mass is 35.5. The molecule has 0 aliphatic carbocycles. The fraction of sp³-hybridized carbons (Fsp3) is 0.125. The Labute approximate surface area is 184 Å². The van der Waals surface area contributed by atoms with Gasteiger partial charge in [0.05, 0.1) is 22.2 Å². The zero-order valence-electron chi connectivity index (χ0n) is 16.2. The predicted octanol–water partition coefficient (Wildman–Crippen LogP) is 6.59. The van der Waals surface area contributed by atoms with E-state index in [-0.39, 0.29) is 11.5 Å². The van der Waals surface area contributed by atoms with E-state index in [2.05, 4.69) is 0 Å². The molecule has 4 nitrogen and oxygen atoms in total. The highest BCUT2D eigenvalue weighted by molar-refractivity contribution is 6.42. The second-order valence-corrected chi connectivity index (χ2v) is 7.42. The molecule has 0 aromatic heterocycles. The maximum Gasteiger partial charge on any atom is 0.231 e. The van der Waals surface area contributed by atoms with Crippen LogP contribution in [0.5, 0.6) is 17.2 Å². The second kappa shape index (κ2) is 8.82. The summed E-state index contributed by atoms with van der Waals surface area (Å²) in [4.78, 5) is 12.7. The molecule has 1 aliphatic rings. The number of ether oxygens (including phenoxy) is 3. The molecule has 0 bridgehead atoms. The molecule has 0 atom stereocenters. The second-order valence-electron chi connectivity index (χ2n) is 6.61. The normalized spacial score (nSPS) is 13.8. The van der Waals surface area contributed by atoms with Crippen LogP contribution in [0.3, 0.4) is 0 Å². The van der Waals surface area contributed by atoms with Crippen LogP contribution < -0.4 is 14.2 Å². The van der Waals surface area contributed by atoms with E-state index in [1.54, 1.807) is 36.4 Å². The SMILES string of the molecule is CCOc1ccccc1C=C1Oc2cc(OCc3ccc(Cl)c(Cl)c3)ccc2C1=O. The number of rotatable bonds is 6. The van der Waals surface area contributed by atoms with Gasteiger partial charge in [0, 0.05) is 11.6 Å². The van der Waals surface area contributed by atoms with Gasteiger partial charge in [-0.1, -0.05) is 47.5 Å². The number of hydrogen-bond acceptors (Lipinski definition) is 4. The molecule has 1 aliphatic heterocycles. The van der Waals surface area contributed by atoms with E-state index in [4.69, 9.17) is 37.4 Å². The Bertz CT molecular complexity index is 1140. The Kier molecular flexibility index (Phi) is 5.98. The monoisotopic (exact) mass is 440 g/mol. The van der Waals surface area contributed by atoms with Crippen molar-refractivity contribution in [3.05, 3.63) is 93.2 Å². The van der Waals surface area contributed by atoms with Crippen LogP contribution in [-0.2, 0) is 6.61 Å². The van der Waals surface area contributed by atoms with Gasteiger partial charge in [0.2, 0.25) is 5.78 Å². The first kappa shape index (κ1) is 20.3. The topological polar surface area (TPSA) is 44.8 Å². The van der Waals surface area contributed by atoms with Gasteiger partial charge in [0.15, 0.2) is 5.76 Å². The number of benzene rings is 3. The number of ketones is 1. The Morgan fingerprint density at radius 3 is 2.60 bits per heavy atom. The van der Waals surface area contributed by atoms with Gasteiger partial charge < -0.3 is 14.2 Å². The van der Waals surface area contributed by atoms with E-state index < -0.39 is 0 Å². The van der Waals surface area contributed by atoms with Crippen LogP contribution in [0.4, 0.5) is 0 Å². The number of hydrogen-bond donors (Lipinski definition) is 0. The van der Waals surface area contributed by atoms with Crippen LogP contribution in [0.1, 0.15) is 28.4 Å². The van der Waals surface area contributed by atoms with Gasteiger partial charge in [0.25, 0.3) is 0 Å². The van der Waals surface area contributed by atoms with Crippen molar-refractivity contribution in [3.8, 4) is 17.2 Å². The molecule has 1 heterocycles. The van der Waals surface area contributed by atoms with Gasteiger partial charge in [-0.15, -0.1) is 0 Å². The third-order valence-electron chi connectivity index (χ3n) is 4.54. The number of carbonyl (C=O) groups excluding carboxylic acids is 1. The Morgan fingerprint density at radius 1 is 0.967 bits per heavy atom. The summed E-state index contributed by atoms with van der Waals surface area (Å²) in [5.41, 5.74) is 2.17. The van der Waals surface area contributed by atoms with Crippen molar-refractivity contribution >= 4 is 35.1 Å². The third-order valence-corrected chi connectivity index (χ3v) is 5.28. The number of Topliss-reactive ketones (excluding diaryl/α,β-unsaturated/α-hetero) is 1. The summed E-state index contributed by atoms with van der Waals surface area (Å²) in [5, 5.41) is 0.970. The van der Waals surface area contributed by atoms with Gasteiger partial charge in [-0.25, -0.2) is 0 Å². The van der Waals surface area contributed by atoms with Gasteiger partial charge in [-0.05, 0) is 48.9 Å². The Balaban J connectivity index is 1.52. The van der Waals surface area contributed by atoms with E-state index in [1.807, 2.05) is 37.3 Å². The van der Waals surface area contributed by atoms with Crippen LogP contribution in [-0.4, -0.2) is 12.4 Å². The molecule has 0 amide bonds. The molecular weight excluding hydrogens is 423 g/mol. The summed E-state index contributed by atoms with van der Waals surface area (Å²) in [6.45, 7) is 2.76. The molecule has 6 heteroatoms. The fourth-order valence-corrected chi connectivity index (χ4v) is 3.40. The van der Waals surface area contributed by atoms with Crippen molar-refractivity contribution in [2.45, 2.75) is 13.5 Å². The van der Waals surface area contributed by atoms with Crippen molar-refractivity contribution < 1.29 is 19.0 Å². The fourth-order valence-electron chi connectivity index (χ4n) is 3.08. The molecule has 0 unspecified atom stereocenters. The lowest BCUT2D eigenvalue weighted by Crippen LogP contribution is -1.99. The average Bonchev–Trinajstić information content (AvgIpc) is 3.05. The smallest absolute Gasteiger partial charge is 0.231 e. The molecule has 3 aromatic rings. The summed E-state index contributed by atoms with van der Waals surface area (Å²) in [6, 6.07) is 18.0. The third kappa shape index (κ3) is 4.30. The number of halogens is 2. The molecule has 30 heavy (non-hydrogen) atoms. The largest absolute Gasteiger partial charge is 0.493 e. The lowest BCUT2D eigenvalue weighted by atomic mass is 10.1. The predicted molar refractivity (Wildman–Crippen MR) is 118 cm³/mol. The Morgan fingerprint density at radius 2 is 1.80 bits per heavy atom. The minimum Gasteiger partial charge on any atom is -0.493 e. The zero-order valence-corrected chi connectivity index (χ0v) is 17.7. The molecule has 3 aromatic carbocycles. The van der Waals surface area contributed by atoms with Crippen molar-refractivity contribution in [1.82, 2.24) is 0 Å². The van der Waals surface area contributed by atoms with Crippen molar-refractivity contribution in [1.29, 1.82) is 0 Å². The number of carbonyl (C=O) groups is 1. The number of para-hydroxylation sites is 1.